The van der Waals surface area contributed by atoms with Crippen molar-refractivity contribution in [2.24, 2.45) is 0 Å². The second-order valence-corrected chi connectivity index (χ2v) is 4.74. The number of ketones is 1. The molecule has 1 atom stereocenters. The van der Waals surface area contributed by atoms with Gasteiger partial charge in [0.25, 0.3) is 0 Å². The van der Waals surface area contributed by atoms with Gasteiger partial charge in [0, 0.05) is 29.0 Å². The van der Waals surface area contributed by atoms with Crippen molar-refractivity contribution in [3.05, 3.63) is 28.5 Å². The van der Waals surface area contributed by atoms with Crippen molar-refractivity contribution >= 4 is 21.7 Å². The van der Waals surface area contributed by atoms with Gasteiger partial charge in [-0.1, -0.05) is 0 Å². The van der Waals surface area contributed by atoms with Crippen LogP contribution < -0.4 is 0 Å². The molecule has 2 heterocycles. The maximum Gasteiger partial charge on any atom is 0.189 e. The minimum Gasteiger partial charge on any atom is -0.353 e. The van der Waals surface area contributed by atoms with Crippen molar-refractivity contribution in [3.8, 4) is 0 Å². The Labute approximate surface area is 108 Å². The van der Waals surface area contributed by atoms with Crippen LogP contribution in [0, 0.1) is 0 Å². The molecule has 1 unspecified atom stereocenters. The van der Waals surface area contributed by atoms with Crippen LogP contribution in [0.1, 0.15) is 29.6 Å². The van der Waals surface area contributed by atoms with E-state index in [1.807, 2.05) is 0 Å². The standard InChI is InChI=1S/C12H14BrNO3/c13-10-7-14-5-4-9(10)11(15)8-17-12-3-1-2-6-16-12/h4-5,7,12H,1-3,6,8H2. The molecule has 0 aromatic carbocycles. The van der Waals surface area contributed by atoms with Gasteiger partial charge in [-0.25, -0.2) is 0 Å². The summed E-state index contributed by atoms with van der Waals surface area (Å²) in [5.74, 6) is -0.0616. The average Bonchev–Trinajstić information content (AvgIpc) is 2.38. The van der Waals surface area contributed by atoms with Crippen molar-refractivity contribution in [1.82, 2.24) is 4.98 Å². The highest BCUT2D eigenvalue weighted by Crippen LogP contribution is 2.17. The third-order valence-electron chi connectivity index (χ3n) is 2.61. The van der Waals surface area contributed by atoms with Gasteiger partial charge in [0.05, 0.1) is 0 Å². The van der Waals surface area contributed by atoms with E-state index in [4.69, 9.17) is 9.47 Å². The first-order chi connectivity index (χ1) is 8.27. The number of carbonyl (C=O) groups is 1. The van der Waals surface area contributed by atoms with Crippen LogP contribution in [0.5, 0.6) is 0 Å². The fraction of sp³-hybridized carbons (Fsp3) is 0.500. The summed E-state index contributed by atoms with van der Waals surface area (Å²) in [4.78, 5) is 15.8. The Morgan fingerprint density at radius 2 is 2.47 bits per heavy atom. The molecule has 17 heavy (non-hydrogen) atoms. The lowest BCUT2D eigenvalue weighted by Gasteiger charge is -2.22. The summed E-state index contributed by atoms with van der Waals surface area (Å²) in [6.45, 7) is 0.769. The van der Waals surface area contributed by atoms with Crippen molar-refractivity contribution < 1.29 is 14.3 Å². The predicted molar refractivity (Wildman–Crippen MR) is 65.8 cm³/mol. The Morgan fingerprint density at radius 1 is 1.59 bits per heavy atom. The van der Waals surface area contributed by atoms with Crippen molar-refractivity contribution in [1.29, 1.82) is 0 Å². The molecule has 0 amide bonds. The van der Waals surface area contributed by atoms with Gasteiger partial charge < -0.3 is 9.47 Å². The summed E-state index contributed by atoms with van der Waals surface area (Å²) in [5, 5.41) is 0. The molecule has 2 rings (SSSR count). The number of carbonyl (C=O) groups excluding carboxylic acids is 1. The van der Waals surface area contributed by atoms with Gasteiger partial charge in [0.1, 0.15) is 6.61 Å². The minimum atomic E-state index is -0.228. The van der Waals surface area contributed by atoms with Crippen molar-refractivity contribution in [3.63, 3.8) is 0 Å². The number of hydrogen-bond donors (Lipinski definition) is 0. The summed E-state index contributed by atoms with van der Waals surface area (Å²) in [5.41, 5.74) is 0.593. The van der Waals surface area contributed by atoms with E-state index >= 15 is 0 Å². The van der Waals surface area contributed by atoms with E-state index in [0.29, 0.717) is 10.0 Å². The number of Topliss-reactive ketones (excluding diaryl/α,β-unsaturated/α-hetero) is 1. The summed E-state index contributed by atoms with van der Waals surface area (Å²) in [6, 6.07) is 1.68. The molecule has 0 spiro atoms. The van der Waals surface area contributed by atoms with Crippen LogP contribution in [0.4, 0.5) is 0 Å². The van der Waals surface area contributed by atoms with Gasteiger partial charge in [-0.05, 0) is 41.3 Å². The maximum atomic E-state index is 11.9. The SMILES string of the molecule is O=C(COC1CCCCO1)c1ccncc1Br. The van der Waals surface area contributed by atoms with Crippen LogP contribution in [-0.2, 0) is 9.47 Å². The lowest BCUT2D eigenvalue weighted by atomic mass is 10.2. The van der Waals surface area contributed by atoms with E-state index in [1.54, 1.807) is 18.5 Å². The molecule has 0 saturated carbocycles. The third kappa shape index (κ3) is 3.59. The molecule has 4 nitrogen and oxygen atoms in total. The van der Waals surface area contributed by atoms with Crippen LogP contribution in [0.2, 0.25) is 0 Å². The topological polar surface area (TPSA) is 48.4 Å². The molecule has 0 radical (unpaired) electrons. The second kappa shape index (κ2) is 6.23. The molecule has 92 valence electrons. The van der Waals surface area contributed by atoms with E-state index in [1.165, 1.54) is 0 Å². The molecular weight excluding hydrogens is 286 g/mol. The number of ether oxygens (including phenoxy) is 2. The van der Waals surface area contributed by atoms with E-state index in [2.05, 4.69) is 20.9 Å². The first-order valence-corrected chi connectivity index (χ1v) is 6.42. The summed E-state index contributed by atoms with van der Waals surface area (Å²) in [7, 11) is 0. The summed E-state index contributed by atoms with van der Waals surface area (Å²) < 4.78 is 11.5. The van der Waals surface area contributed by atoms with Crippen molar-refractivity contribution in [2.45, 2.75) is 25.6 Å². The van der Waals surface area contributed by atoms with E-state index in [9.17, 15) is 4.79 Å². The van der Waals surface area contributed by atoms with E-state index < -0.39 is 0 Å². The second-order valence-electron chi connectivity index (χ2n) is 3.89. The number of aromatic nitrogens is 1. The quantitative estimate of drug-likeness (QED) is 0.802. The molecule has 5 heteroatoms. The normalized spacial score (nSPS) is 20.2. The molecular formula is C12H14BrNO3. The molecule has 0 aliphatic carbocycles. The van der Waals surface area contributed by atoms with Crippen LogP contribution in [-0.4, -0.2) is 30.3 Å². The minimum absolute atomic E-state index is 0.0489. The van der Waals surface area contributed by atoms with Crippen LogP contribution in [0.3, 0.4) is 0 Å². The van der Waals surface area contributed by atoms with Gasteiger partial charge in [-0.2, -0.15) is 0 Å². The number of hydrogen-bond acceptors (Lipinski definition) is 4. The average molecular weight is 300 g/mol. The number of rotatable bonds is 4. The molecule has 1 fully saturated rings. The van der Waals surface area contributed by atoms with E-state index in [0.717, 1.165) is 25.9 Å². The van der Waals surface area contributed by atoms with E-state index in [-0.39, 0.29) is 18.7 Å². The molecule has 1 saturated heterocycles. The lowest BCUT2D eigenvalue weighted by Crippen LogP contribution is -2.25. The monoisotopic (exact) mass is 299 g/mol. The largest absolute Gasteiger partial charge is 0.353 e. The summed E-state index contributed by atoms with van der Waals surface area (Å²) in [6.07, 6.45) is 6.00. The smallest absolute Gasteiger partial charge is 0.189 e. The fourth-order valence-corrected chi connectivity index (χ4v) is 2.16. The highest BCUT2D eigenvalue weighted by molar-refractivity contribution is 9.10. The van der Waals surface area contributed by atoms with Crippen molar-refractivity contribution in [2.75, 3.05) is 13.2 Å². The molecule has 1 aromatic rings. The number of nitrogens with zero attached hydrogens (tertiary/aromatic N) is 1. The van der Waals surface area contributed by atoms with Crippen LogP contribution in [0.25, 0.3) is 0 Å². The first-order valence-electron chi connectivity index (χ1n) is 5.63. The Morgan fingerprint density at radius 3 is 3.18 bits per heavy atom. The van der Waals surface area contributed by atoms with Gasteiger partial charge in [0.2, 0.25) is 0 Å². The lowest BCUT2D eigenvalue weighted by molar-refractivity contribution is -0.155. The number of halogens is 1. The summed E-state index contributed by atoms with van der Waals surface area (Å²) >= 11 is 3.29. The van der Waals surface area contributed by atoms with Crippen LogP contribution in [0.15, 0.2) is 22.9 Å². The zero-order chi connectivity index (χ0) is 12.1. The Bertz CT molecular complexity index is 391. The van der Waals surface area contributed by atoms with Gasteiger partial charge in [-0.15, -0.1) is 0 Å². The molecule has 1 aliphatic rings. The zero-order valence-electron chi connectivity index (χ0n) is 9.39. The molecule has 0 N–H and O–H groups in total. The Balaban J connectivity index is 1.87. The molecule has 0 bridgehead atoms. The predicted octanol–water partition coefficient (Wildman–Crippen LogP) is 2.57. The molecule has 1 aromatic heterocycles. The van der Waals surface area contributed by atoms with Crippen LogP contribution >= 0.6 is 15.9 Å². The highest BCUT2D eigenvalue weighted by atomic mass is 79.9. The Kier molecular flexibility index (Phi) is 4.65. The fourth-order valence-electron chi connectivity index (χ4n) is 1.69. The number of pyridine rings is 1. The highest BCUT2D eigenvalue weighted by Gasteiger charge is 2.17. The third-order valence-corrected chi connectivity index (χ3v) is 3.24. The van der Waals surface area contributed by atoms with Gasteiger partial charge in [0.15, 0.2) is 12.1 Å². The maximum absolute atomic E-state index is 11.9. The zero-order valence-corrected chi connectivity index (χ0v) is 11.0. The van der Waals surface area contributed by atoms with Gasteiger partial charge >= 0.3 is 0 Å². The first kappa shape index (κ1) is 12.7. The van der Waals surface area contributed by atoms with Gasteiger partial charge in [-0.3, -0.25) is 9.78 Å². The molecule has 1 aliphatic heterocycles. The Hall–Kier alpha value is -0.780.